The number of hydrogen-bond donors (Lipinski definition) is 4. The lowest BCUT2D eigenvalue weighted by molar-refractivity contribution is -0.139. The van der Waals surface area contributed by atoms with Crippen molar-refractivity contribution in [3.05, 3.63) is 35.9 Å². The number of benzene rings is 1. The highest BCUT2D eigenvalue weighted by atomic mass is 16.4. The summed E-state index contributed by atoms with van der Waals surface area (Å²) < 4.78 is 0. The minimum Gasteiger partial charge on any atom is -0.480 e. The van der Waals surface area contributed by atoms with Crippen LogP contribution >= 0.6 is 0 Å². The fraction of sp³-hybridized carbons (Fsp3) is 0.357. The predicted molar refractivity (Wildman–Crippen MR) is 74.7 cm³/mol. The molecule has 1 aliphatic rings. The average molecular weight is 291 g/mol. The molecule has 0 spiro atoms. The van der Waals surface area contributed by atoms with Crippen molar-refractivity contribution < 1.29 is 19.5 Å². The normalized spacial score (nSPS) is 18.7. The molecule has 4 N–H and O–H groups in total. The molecule has 7 heteroatoms. The second-order valence-corrected chi connectivity index (χ2v) is 4.90. The second-order valence-electron chi connectivity index (χ2n) is 4.90. The largest absolute Gasteiger partial charge is 0.480 e. The zero-order valence-corrected chi connectivity index (χ0v) is 11.3. The highest BCUT2D eigenvalue weighted by Gasteiger charge is 2.25. The predicted octanol–water partition coefficient (Wildman–Crippen LogP) is -0.130. The fourth-order valence-electron chi connectivity index (χ4n) is 2.14. The Morgan fingerprint density at radius 2 is 2.05 bits per heavy atom. The Hall–Kier alpha value is -2.57. The van der Waals surface area contributed by atoms with Gasteiger partial charge in [0.15, 0.2) is 0 Å². The van der Waals surface area contributed by atoms with Crippen LogP contribution in [0.5, 0.6) is 0 Å². The van der Waals surface area contributed by atoms with Crippen molar-refractivity contribution in [3.63, 3.8) is 0 Å². The van der Waals surface area contributed by atoms with Crippen molar-refractivity contribution in [1.29, 1.82) is 0 Å². The quantitative estimate of drug-likeness (QED) is 0.606. The number of amides is 3. The molecule has 0 radical (unpaired) electrons. The molecular weight excluding hydrogens is 274 g/mol. The molecule has 1 aromatic rings. The van der Waals surface area contributed by atoms with Crippen LogP contribution in [0.4, 0.5) is 4.79 Å². The molecule has 0 bridgehead atoms. The minimum absolute atomic E-state index is 0.126. The third-order valence-corrected chi connectivity index (χ3v) is 3.20. The second kappa shape index (κ2) is 6.74. The summed E-state index contributed by atoms with van der Waals surface area (Å²) in [5.41, 5.74) is 0.822. The van der Waals surface area contributed by atoms with Crippen LogP contribution in [0.1, 0.15) is 12.0 Å². The van der Waals surface area contributed by atoms with Crippen molar-refractivity contribution in [2.45, 2.75) is 24.9 Å². The van der Waals surface area contributed by atoms with Crippen LogP contribution in [-0.2, 0) is 16.0 Å². The van der Waals surface area contributed by atoms with Gasteiger partial charge in [-0.2, -0.15) is 0 Å². The van der Waals surface area contributed by atoms with Crippen LogP contribution in [0.3, 0.4) is 0 Å². The molecule has 2 rings (SSSR count). The Morgan fingerprint density at radius 3 is 2.62 bits per heavy atom. The lowest BCUT2D eigenvalue weighted by Gasteiger charge is -2.17. The molecule has 3 amide bonds. The van der Waals surface area contributed by atoms with Gasteiger partial charge in [-0.15, -0.1) is 0 Å². The van der Waals surface area contributed by atoms with Crippen LogP contribution in [0.25, 0.3) is 0 Å². The number of nitrogens with one attached hydrogen (secondary N) is 3. The summed E-state index contributed by atoms with van der Waals surface area (Å²) in [7, 11) is 0. The van der Waals surface area contributed by atoms with Gasteiger partial charge in [0.25, 0.3) is 0 Å². The number of carboxylic acids is 1. The van der Waals surface area contributed by atoms with E-state index in [0.717, 1.165) is 5.56 Å². The molecule has 1 heterocycles. The average Bonchev–Trinajstić information content (AvgIpc) is 2.84. The van der Waals surface area contributed by atoms with E-state index in [2.05, 4.69) is 16.0 Å². The third-order valence-electron chi connectivity index (χ3n) is 3.20. The van der Waals surface area contributed by atoms with Gasteiger partial charge in [-0.3, -0.25) is 4.79 Å². The van der Waals surface area contributed by atoms with E-state index < -0.39 is 18.0 Å². The van der Waals surface area contributed by atoms with E-state index in [1.165, 1.54) is 0 Å². The van der Waals surface area contributed by atoms with Gasteiger partial charge < -0.3 is 21.1 Å². The van der Waals surface area contributed by atoms with Crippen LogP contribution in [0.15, 0.2) is 30.3 Å². The maximum atomic E-state index is 11.8. The number of hydrogen-bond acceptors (Lipinski definition) is 3. The Bertz CT molecular complexity index is 532. The summed E-state index contributed by atoms with van der Waals surface area (Å²) >= 11 is 0. The number of aliphatic carboxylic acids is 1. The first-order chi connectivity index (χ1) is 10.0. The topological polar surface area (TPSA) is 108 Å². The molecule has 1 aliphatic heterocycles. The van der Waals surface area contributed by atoms with Gasteiger partial charge in [0.1, 0.15) is 6.04 Å². The molecule has 1 saturated heterocycles. The Balaban J connectivity index is 1.88. The van der Waals surface area contributed by atoms with Gasteiger partial charge in [-0.1, -0.05) is 30.3 Å². The van der Waals surface area contributed by atoms with Crippen molar-refractivity contribution in [2.75, 3.05) is 6.54 Å². The lowest BCUT2D eigenvalue weighted by Crippen LogP contribution is -2.50. The zero-order valence-electron chi connectivity index (χ0n) is 11.3. The molecule has 1 unspecified atom stereocenters. The molecule has 0 aliphatic carbocycles. The summed E-state index contributed by atoms with van der Waals surface area (Å²) in [5.74, 6) is -1.23. The molecule has 0 aromatic heterocycles. The third kappa shape index (κ3) is 4.48. The van der Waals surface area contributed by atoms with Crippen molar-refractivity contribution >= 4 is 17.9 Å². The van der Waals surface area contributed by atoms with Crippen LogP contribution in [-0.4, -0.2) is 41.6 Å². The van der Waals surface area contributed by atoms with E-state index in [1.54, 1.807) is 12.1 Å². The van der Waals surface area contributed by atoms with Crippen molar-refractivity contribution in [2.24, 2.45) is 0 Å². The molecular formula is C14H17N3O4. The van der Waals surface area contributed by atoms with Crippen LogP contribution in [0.2, 0.25) is 0 Å². The van der Waals surface area contributed by atoms with Crippen LogP contribution < -0.4 is 16.0 Å². The first-order valence-electron chi connectivity index (χ1n) is 6.65. The number of urea groups is 1. The Morgan fingerprint density at radius 1 is 1.33 bits per heavy atom. The summed E-state index contributed by atoms with van der Waals surface area (Å²) in [6, 6.07) is 7.16. The summed E-state index contributed by atoms with van der Waals surface area (Å²) in [6.45, 7) is 0.364. The van der Waals surface area contributed by atoms with Gasteiger partial charge in [0, 0.05) is 19.4 Å². The zero-order chi connectivity index (χ0) is 15.2. The molecule has 112 valence electrons. The first-order valence-corrected chi connectivity index (χ1v) is 6.65. The fourth-order valence-corrected chi connectivity index (χ4v) is 2.14. The SMILES string of the molecule is O=C1CC(NC(=O)N[C@@H](Cc2ccccc2)C(=O)O)CN1. The molecule has 1 aromatic carbocycles. The number of carbonyl (C=O) groups is 3. The van der Waals surface area contributed by atoms with E-state index in [1.807, 2.05) is 18.2 Å². The highest BCUT2D eigenvalue weighted by molar-refractivity contribution is 5.84. The van der Waals surface area contributed by atoms with E-state index in [9.17, 15) is 19.5 Å². The number of carbonyl (C=O) groups excluding carboxylic acids is 2. The van der Waals surface area contributed by atoms with E-state index >= 15 is 0 Å². The van der Waals surface area contributed by atoms with E-state index in [4.69, 9.17) is 0 Å². The monoisotopic (exact) mass is 291 g/mol. The first kappa shape index (κ1) is 14.8. The summed E-state index contributed by atoms with van der Waals surface area (Å²) in [4.78, 5) is 34.0. The maximum Gasteiger partial charge on any atom is 0.326 e. The molecule has 0 saturated carbocycles. The molecule has 7 nitrogen and oxygen atoms in total. The maximum absolute atomic E-state index is 11.8. The molecule has 1 fully saturated rings. The van der Waals surface area contributed by atoms with Crippen LogP contribution in [0, 0.1) is 0 Å². The minimum atomic E-state index is -1.10. The Labute approximate surface area is 121 Å². The van der Waals surface area contributed by atoms with Gasteiger partial charge in [0.2, 0.25) is 5.91 Å². The van der Waals surface area contributed by atoms with Crippen molar-refractivity contribution in [3.8, 4) is 0 Å². The highest BCUT2D eigenvalue weighted by Crippen LogP contribution is 2.04. The van der Waals surface area contributed by atoms with Gasteiger partial charge in [-0.05, 0) is 5.56 Å². The van der Waals surface area contributed by atoms with Gasteiger partial charge in [-0.25, -0.2) is 9.59 Å². The number of rotatable bonds is 5. The van der Waals surface area contributed by atoms with Crippen molar-refractivity contribution in [1.82, 2.24) is 16.0 Å². The number of carboxylic acid groups (broad SMARTS) is 1. The summed E-state index contributed by atoms with van der Waals surface area (Å²) in [6.07, 6.45) is 0.412. The summed E-state index contributed by atoms with van der Waals surface area (Å²) in [5, 5.41) is 16.8. The molecule has 2 atom stereocenters. The van der Waals surface area contributed by atoms with Gasteiger partial charge in [0.05, 0.1) is 6.04 Å². The molecule has 21 heavy (non-hydrogen) atoms. The standard InChI is InChI=1S/C14H17N3O4/c18-12-7-10(8-15-12)16-14(21)17-11(13(19)20)6-9-4-2-1-3-5-9/h1-5,10-11H,6-8H2,(H,15,18)(H,19,20)(H2,16,17,21)/t10?,11-/m0/s1. The lowest BCUT2D eigenvalue weighted by atomic mass is 10.1. The van der Waals surface area contributed by atoms with E-state index in [0.29, 0.717) is 6.54 Å². The Kier molecular flexibility index (Phi) is 4.76. The smallest absolute Gasteiger partial charge is 0.326 e. The van der Waals surface area contributed by atoms with Gasteiger partial charge >= 0.3 is 12.0 Å². The van der Waals surface area contributed by atoms with E-state index in [-0.39, 0.29) is 24.8 Å².